The van der Waals surface area contributed by atoms with Crippen LogP contribution in [0.15, 0.2) is 42.5 Å². The lowest BCUT2D eigenvalue weighted by Crippen LogP contribution is -2.45. The van der Waals surface area contributed by atoms with Crippen LogP contribution >= 0.6 is 0 Å². The Balaban J connectivity index is 1.57. The molecule has 0 bridgehead atoms. The van der Waals surface area contributed by atoms with Crippen molar-refractivity contribution in [2.75, 3.05) is 5.32 Å². The minimum atomic E-state index is -5.04. The lowest BCUT2D eigenvalue weighted by molar-refractivity contribution is -0.467. The smallest absolute Gasteiger partial charge is 0.388 e. The summed E-state index contributed by atoms with van der Waals surface area (Å²) in [7, 11) is 0. The summed E-state index contributed by atoms with van der Waals surface area (Å²) in [4.78, 5) is 15.0. The largest absolute Gasteiger partial charge is 0.416 e. The molecule has 0 radical (unpaired) electrons. The molecule has 1 fully saturated rings. The third kappa shape index (κ3) is 8.46. The maximum atomic E-state index is 13.6. The van der Waals surface area contributed by atoms with Crippen LogP contribution in [0.4, 0.5) is 36.8 Å². The predicted molar refractivity (Wildman–Crippen MR) is 144 cm³/mol. The van der Waals surface area contributed by atoms with E-state index in [-0.39, 0.29) is 30.5 Å². The van der Waals surface area contributed by atoms with Gasteiger partial charge in [-0.3, -0.25) is 0 Å². The Morgan fingerprint density at radius 2 is 1.58 bits per heavy atom. The van der Waals surface area contributed by atoms with E-state index in [1.807, 2.05) is 0 Å². The van der Waals surface area contributed by atoms with Gasteiger partial charge in [0, 0.05) is 18.3 Å². The van der Waals surface area contributed by atoms with Crippen LogP contribution in [-0.2, 0) is 25.3 Å². The van der Waals surface area contributed by atoms with Gasteiger partial charge in [0.15, 0.2) is 5.21 Å². The Morgan fingerprint density at radius 1 is 1.00 bits per heavy atom. The number of H-pyrrole nitrogens is 2. The molecule has 3 aromatic rings. The van der Waals surface area contributed by atoms with Crippen LogP contribution in [0.2, 0.25) is 0 Å². The number of halogens is 6. The number of nitrogens with one attached hydrogen (secondary N) is 3. The molecule has 1 atom stereocenters. The molecule has 0 saturated heterocycles. The van der Waals surface area contributed by atoms with E-state index in [4.69, 9.17) is 0 Å². The standard InChI is InChI=1S/C29H34F6N6O2/c1-27(2,3)19-8-10-23(11-9-19)41(16-17-4-6-18(7-5-17)24(42)15-25-37-39-40-38-25)26(43)36-22-13-20(28(30,31)32)12-21(14-22)29(33,34)35/h4-7,12-14,19,23-24,42H,8-11,15-16H2,1-3H3,(H,36,43)(H,37,38,39,40)/p+1. The number of hydrogen-bond donors (Lipinski definition) is 3. The Bertz CT molecular complexity index is 1330. The third-order valence-electron chi connectivity index (χ3n) is 7.99. The fourth-order valence-electron chi connectivity index (χ4n) is 5.48. The Hall–Kier alpha value is -3.68. The van der Waals surface area contributed by atoms with Crippen LogP contribution in [0.25, 0.3) is 0 Å². The van der Waals surface area contributed by atoms with Crippen molar-refractivity contribution in [3.8, 4) is 0 Å². The number of amides is 2. The van der Waals surface area contributed by atoms with Crippen molar-refractivity contribution in [3.05, 3.63) is 70.5 Å². The van der Waals surface area contributed by atoms with Crippen molar-refractivity contribution in [1.29, 1.82) is 0 Å². The van der Waals surface area contributed by atoms with Gasteiger partial charge in [0.1, 0.15) is 5.10 Å². The molecule has 1 heterocycles. The number of tetrazole rings is 1. The molecule has 2 amide bonds. The first kappa shape index (κ1) is 32.2. The molecule has 0 aliphatic heterocycles. The average Bonchev–Trinajstić information content (AvgIpc) is 3.43. The van der Waals surface area contributed by atoms with Gasteiger partial charge in [0.05, 0.1) is 23.7 Å². The number of carbonyl (C=O) groups is 1. The van der Waals surface area contributed by atoms with Crippen molar-refractivity contribution < 1.29 is 41.3 Å². The molecule has 1 aliphatic carbocycles. The maximum Gasteiger partial charge on any atom is 0.416 e. The van der Waals surface area contributed by atoms with Gasteiger partial charge in [-0.15, -0.1) is 0 Å². The number of hydrogen-bond acceptors (Lipinski definition) is 4. The summed E-state index contributed by atoms with van der Waals surface area (Å²) in [6.45, 7) is 6.50. The fourth-order valence-corrected chi connectivity index (χ4v) is 5.48. The zero-order chi connectivity index (χ0) is 31.6. The van der Waals surface area contributed by atoms with Crippen molar-refractivity contribution in [3.63, 3.8) is 0 Å². The van der Waals surface area contributed by atoms with Gasteiger partial charge in [0.2, 0.25) is 0 Å². The first-order valence-corrected chi connectivity index (χ1v) is 13.9. The summed E-state index contributed by atoms with van der Waals surface area (Å²) in [6.07, 6.45) is -7.86. The predicted octanol–water partition coefficient (Wildman–Crippen LogP) is 6.57. The van der Waals surface area contributed by atoms with E-state index in [1.165, 1.54) is 4.90 Å². The van der Waals surface area contributed by atoms with Gasteiger partial charge in [0.25, 0.3) is 0 Å². The highest BCUT2D eigenvalue weighted by atomic mass is 19.4. The first-order valence-electron chi connectivity index (χ1n) is 13.9. The Kier molecular flexibility index (Phi) is 9.38. The number of carbonyl (C=O) groups excluding carboxylic acids is 1. The van der Waals surface area contributed by atoms with Crippen LogP contribution in [0, 0.1) is 11.3 Å². The van der Waals surface area contributed by atoms with Crippen LogP contribution in [0.3, 0.4) is 0 Å². The molecular weight excluding hydrogens is 578 g/mol. The van der Waals surface area contributed by atoms with E-state index < -0.39 is 41.3 Å². The van der Waals surface area contributed by atoms with E-state index in [1.54, 1.807) is 24.3 Å². The third-order valence-corrected chi connectivity index (χ3v) is 7.99. The molecule has 1 aliphatic rings. The van der Waals surface area contributed by atoms with Crippen LogP contribution in [0.1, 0.15) is 80.6 Å². The monoisotopic (exact) mass is 613 g/mol. The molecule has 1 saturated carbocycles. The normalized spacial score (nSPS) is 18.7. The highest BCUT2D eigenvalue weighted by Gasteiger charge is 2.38. The Labute approximate surface area is 244 Å². The second-order valence-electron chi connectivity index (χ2n) is 12.1. The molecule has 4 N–H and O–H groups in total. The summed E-state index contributed by atoms with van der Waals surface area (Å²) in [5, 5.41) is 25.4. The number of aromatic amines is 2. The topological polar surface area (TPSA) is 108 Å². The van der Waals surface area contributed by atoms with Gasteiger partial charge in [-0.25, -0.2) is 4.79 Å². The van der Waals surface area contributed by atoms with E-state index in [2.05, 4.69) is 46.7 Å². The van der Waals surface area contributed by atoms with Gasteiger partial charge >= 0.3 is 24.2 Å². The maximum absolute atomic E-state index is 13.6. The summed E-state index contributed by atoms with van der Waals surface area (Å²) in [5.41, 5.74) is -2.28. The molecular formula is C29H35F6N6O2+. The highest BCUT2D eigenvalue weighted by Crippen LogP contribution is 2.40. The van der Waals surface area contributed by atoms with E-state index in [0.717, 1.165) is 12.8 Å². The van der Waals surface area contributed by atoms with Crippen molar-refractivity contribution >= 4 is 11.7 Å². The highest BCUT2D eigenvalue weighted by molar-refractivity contribution is 5.89. The lowest BCUT2D eigenvalue weighted by atomic mass is 9.71. The summed E-state index contributed by atoms with van der Waals surface area (Å²) < 4.78 is 80.5. The van der Waals surface area contributed by atoms with Gasteiger partial charge < -0.3 is 15.3 Å². The van der Waals surface area contributed by atoms with E-state index in [0.29, 0.717) is 47.8 Å². The molecule has 1 aromatic heterocycles. The van der Waals surface area contributed by atoms with Gasteiger partial charge in [-0.1, -0.05) is 50.3 Å². The number of anilines is 1. The van der Waals surface area contributed by atoms with Crippen molar-refractivity contribution in [2.24, 2.45) is 11.3 Å². The van der Waals surface area contributed by atoms with Crippen LogP contribution in [0.5, 0.6) is 0 Å². The molecule has 2 aromatic carbocycles. The molecule has 43 heavy (non-hydrogen) atoms. The van der Waals surface area contributed by atoms with E-state index >= 15 is 0 Å². The summed E-state index contributed by atoms with van der Waals surface area (Å²) in [5.74, 6) is 0.864. The second kappa shape index (κ2) is 12.5. The lowest BCUT2D eigenvalue weighted by Gasteiger charge is -2.41. The van der Waals surface area contributed by atoms with Crippen LogP contribution in [-0.4, -0.2) is 37.6 Å². The minimum Gasteiger partial charge on any atom is -0.388 e. The SMILES string of the molecule is CC(C)(C)C1CCC(N(Cc2ccc(C(O)Cc3nn[nH][nH+]3)cc2)C(=O)Nc2cc(C(F)(F)F)cc(C(F)(F)F)c2)CC1. The number of alkyl halides is 6. The number of aliphatic hydroxyl groups is 1. The quantitative estimate of drug-likeness (QED) is 0.262. The molecule has 0 spiro atoms. The number of rotatable bonds is 7. The molecule has 8 nitrogen and oxygen atoms in total. The summed E-state index contributed by atoms with van der Waals surface area (Å²) >= 11 is 0. The number of nitrogens with zero attached hydrogens (tertiary/aromatic N) is 3. The van der Waals surface area contributed by atoms with Gasteiger partial charge in [-0.2, -0.15) is 31.4 Å². The zero-order valence-electron chi connectivity index (χ0n) is 24.0. The number of aliphatic hydroxyl groups excluding tert-OH is 1. The number of benzene rings is 2. The number of urea groups is 1. The average molecular weight is 614 g/mol. The van der Waals surface area contributed by atoms with Gasteiger partial charge in [-0.05, 0) is 66.3 Å². The molecule has 234 valence electrons. The number of aromatic nitrogens is 4. The first-order chi connectivity index (χ1) is 20.0. The van der Waals surface area contributed by atoms with Crippen molar-refractivity contribution in [2.45, 2.75) is 83.9 Å². The zero-order valence-corrected chi connectivity index (χ0v) is 24.0. The second-order valence-corrected chi connectivity index (χ2v) is 12.1. The fraction of sp³-hybridized carbons (Fsp3) is 0.517. The van der Waals surface area contributed by atoms with Crippen molar-refractivity contribution in [1.82, 2.24) is 20.4 Å². The summed E-state index contributed by atoms with van der Waals surface area (Å²) in [6, 6.07) is 6.78. The Morgan fingerprint density at radius 3 is 2.07 bits per heavy atom. The van der Waals surface area contributed by atoms with E-state index in [9.17, 15) is 36.2 Å². The molecule has 1 unspecified atom stereocenters. The molecule has 14 heteroatoms. The minimum absolute atomic E-state index is 0.0256. The van der Waals surface area contributed by atoms with Crippen LogP contribution < -0.4 is 10.4 Å². The molecule has 4 rings (SSSR count).